The fourth-order valence-electron chi connectivity index (χ4n) is 8.32. The largest absolute Gasteiger partial charge is 0.504 e. The molecule has 226 valence electrons. The Morgan fingerprint density at radius 2 is 1.88 bits per heavy atom. The summed E-state index contributed by atoms with van der Waals surface area (Å²) in [6, 6.07) is 4.26. The number of aliphatic hydroxyl groups excluding tert-OH is 3. The molecule has 1 aromatic carbocycles. The van der Waals surface area contributed by atoms with E-state index in [4.69, 9.17) is 10.2 Å². The predicted molar refractivity (Wildman–Crippen MR) is 149 cm³/mol. The van der Waals surface area contributed by atoms with Gasteiger partial charge in [-0.25, -0.2) is 4.39 Å². The molecule has 0 spiro atoms. The Morgan fingerprint density at radius 3 is 2.49 bits per heavy atom. The SMILES string of the molecule is CNC[C@H](O)c1ccc(O)c(O)c1.C[C@@H]1C[C@H]2[C@@H]3CCC4=CC(=O)C=C[C@]4(C)[C@@]3(F)[C@@H](O)C[C@]2(C)[C@@]1(O)C(=O)CO. The highest BCUT2D eigenvalue weighted by Gasteiger charge is 2.75. The van der Waals surface area contributed by atoms with Gasteiger partial charge in [0, 0.05) is 23.3 Å². The van der Waals surface area contributed by atoms with Gasteiger partial charge < -0.3 is 36.0 Å². The van der Waals surface area contributed by atoms with Crippen molar-refractivity contribution in [3.63, 3.8) is 0 Å². The number of ketones is 2. The van der Waals surface area contributed by atoms with Gasteiger partial charge in [0.05, 0.1) is 12.2 Å². The molecular weight excluding hydrogens is 533 g/mol. The summed E-state index contributed by atoms with van der Waals surface area (Å²) in [5, 5.41) is 62.4. The van der Waals surface area contributed by atoms with Crippen LogP contribution < -0.4 is 5.32 Å². The number of likely N-dealkylation sites (N-methyl/N-ethyl adjacent to an activating group) is 1. The van der Waals surface area contributed by atoms with Crippen LogP contribution in [0, 0.1) is 28.6 Å². The zero-order valence-corrected chi connectivity index (χ0v) is 24.0. The second-order valence-electron chi connectivity index (χ2n) is 12.6. The van der Waals surface area contributed by atoms with Crippen LogP contribution in [0.2, 0.25) is 0 Å². The molecule has 4 aliphatic rings. The highest BCUT2D eigenvalue weighted by molar-refractivity contribution is 6.01. The molecule has 9 atom stereocenters. The normalized spacial score (nSPS) is 39.9. The van der Waals surface area contributed by atoms with E-state index in [9.17, 15) is 30.0 Å². The third-order valence-corrected chi connectivity index (χ3v) is 10.6. The molecule has 9 nitrogen and oxygen atoms in total. The number of halogens is 1. The van der Waals surface area contributed by atoms with Gasteiger partial charge in [-0.2, -0.15) is 0 Å². The van der Waals surface area contributed by atoms with Crippen LogP contribution in [0.15, 0.2) is 42.0 Å². The summed E-state index contributed by atoms with van der Waals surface area (Å²) in [7, 11) is 1.73. The minimum atomic E-state index is -1.98. The second kappa shape index (κ2) is 10.9. The van der Waals surface area contributed by atoms with Crippen LogP contribution in [0.4, 0.5) is 4.39 Å². The van der Waals surface area contributed by atoms with Crippen LogP contribution >= 0.6 is 0 Å². The quantitative estimate of drug-likeness (QED) is 0.261. The fraction of sp³-hybridized carbons (Fsp3) is 0.613. The van der Waals surface area contributed by atoms with Crippen molar-refractivity contribution in [3.05, 3.63) is 47.6 Å². The Morgan fingerprint density at radius 1 is 1.20 bits per heavy atom. The lowest BCUT2D eigenvalue weighted by molar-refractivity contribution is -0.219. The van der Waals surface area contributed by atoms with Crippen molar-refractivity contribution in [2.75, 3.05) is 20.2 Å². The van der Waals surface area contributed by atoms with E-state index in [0.29, 0.717) is 36.9 Å². The van der Waals surface area contributed by atoms with Gasteiger partial charge in [0.15, 0.2) is 28.7 Å². The van der Waals surface area contributed by atoms with Crippen molar-refractivity contribution in [3.8, 4) is 11.5 Å². The molecule has 0 aliphatic heterocycles. The number of aliphatic hydroxyl groups is 4. The number of benzene rings is 1. The minimum Gasteiger partial charge on any atom is -0.504 e. The highest BCUT2D eigenvalue weighted by Crippen LogP contribution is 2.70. The predicted octanol–water partition coefficient (Wildman–Crippen LogP) is 2.25. The molecule has 0 unspecified atom stereocenters. The highest BCUT2D eigenvalue weighted by atomic mass is 19.1. The lowest BCUT2D eigenvalue weighted by atomic mass is 9.44. The number of fused-ring (bicyclic) bond motifs is 5. The molecular formula is C31H42FNO8. The van der Waals surface area contributed by atoms with Crippen LogP contribution in [-0.4, -0.2) is 79.8 Å². The number of Topliss-reactive ketones (excluding diaryl/α,β-unsaturated/α-hetero) is 1. The molecule has 4 aliphatic carbocycles. The number of hydrogen-bond donors (Lipinski definition) is 7. The maximum absolute atomic E-state index is 16.9. The average molecular weight is 576 g/mol. The minimum absolute atomic E-state index is 0.0676. The van der Waals surface area contributed by atoms with Crippen molar-refractivity contribution in [1.29, 1.82) is 0 Å². The summed E-state index contributed by atoms with van der Waals surface area (Å²) in [5.74, 6) is -2.51. The van der Waals surface area contributed by atoms with Crippen LogP contribution in [0.1, 0.15) is 58.1 Å². The zero-order valence-electron chi connectivity index (χ0n) is 24.0. The van der Waals surface area contributed by atoms with Crippen LogP contribution in [-0.2, 0) is 9.59 Å². The smallest absolute Gasteiger partial charge is 0.190 e. The third-order valence-electron chi connectivity index (χ3n) is 10.6. The van der Waals surface area contributed by atoms with Gasteiger partial charge in [0.2, 0.25) is 0 Å². The van der Waals surface area contributed by atoms with Gasteiger partial charge in [-0.1, -0.05) is 31.6 Å². The topological polar surface area (TPSA) is 168 Å². The van der Waals surface area contributed by atoms with Gasteiger partial charge in [0.1, 0.15) is 12.2 Å². The van der Waals surface area contributed by atoms with Gasteiger partial charge in [-0.15, -0.1) is 0 Å². The van der Waals surface area contributed by atoms with Crippen molar-refractivity contribution >= 4 is 11.6 Å². The molecule has 0 radical (unpaired) electrons. The molecule has 0 amide bonds. The van der Waals surface area contributed by atoms with E-state index in [1.807, 2.05) is 0 Å². The molecule has 5 rings (SSSR count). The third kappa shape index (κ3) is 4.55. The Labute approximate surface area is 239 Å². The van der Waals surface area contributed by atoms with Gasteiger partial charge in [-0.3, -0.25) is 9.59 Å². The lowest BCUT2D eigenvalue weighted by Crippen LogP contribution is -2.69. The number of phenolic OH excluding ortho intramolecular Hbond substituents is 2. The Kier molecular flexibility index (Phi) is 8.32. The van der Waals surface area contributed by atoms with Gasteiger partial charge in [-0.05, 0) is 81.3 Å². The van der Waals surface area contributed by atoms with E-state index in [-0.39, 0.29) is 29.6 Å². The summed E-state index contributed by atoms with van der Waals surface area (Å²) in [6.45, 7) is 4.89. The van der Waals surface area contributed by atoms with Gasteiger partial charge in [0.25, 0.3) is 0 Å². The monoisotopic (exact) mass is 575 g/mol. The van der Waals surface area contributed by atoms with Gasteiger partial charge >= 0.3 is 0 Å². The van der Waals surface area contributed by atoms with Crippen molar-refractivity contribution in [2.24, 2.45) is 28.6 Å². The first-order valence-electron chi connectivity index (χ1n) is 14.1. The summed E-state index contributed by atoms with van der Waals surface area (Å²) < 4.78 is 16.9. The standard InChI is InChI=1S/C22H29FO5.C9H13NO3/c1-12-8-16-15-5-4-13-9-14(25)6-7-19(13,2)21(15,23)17(26)10-20(16,3)22(12,28)18(27)11-24;1-10-5-9(13)6-2-3-7(11)8(12)4-6/h6-7,9,12,15-17,24,26,28H,4-5,8,10-11H2,1-3H3;2-4,9-13H,5H2,1H3/t12-,15+,16+,17+,19+,20+,21+,22+;9-/m10/s1. The Hall–Kier alpha value is -2.63. The molecule has 7 N–H and O–H groups in total. The number of alkyl halides is 1. The van der Waals surface area contributed by atoms with Crippen LogP contribution in [0.25, 0.3) is 0 Å². The van der Waals surface area contributed by atoms with E-state index in [1.54, 1.807) is 40.0 Å². The second-order valence-corrected chi connectivity index (χ2v) is 12.6. The molecule has 10 heteroatoms. The molecule has 3 fully saturated rings. The fourth-order valence-corrected chi connectivity index (χ4v) is 8.32. The summed E-state index contributed by atoms with van der Waals surface area (Å²) in [4.78, 5) is 24.4. The summed E-state index contributed by atoms with van der Waals surface area (Å²) >= 11 is 0. The van der Waals surface area contributed by atoms with Crippen molar-refractivity contribution in [1.82, 2.24) is 5.32 Å². The number of carbonyl (C=O) groups is 2. The summed E-state index contributed by atoms with van der Waals surface area (Å²) in [6.07, 6.45) is 3.77. The number of hydrogen-bond acceptors (Lipinski definition) is 9. The van der Waals surface area contributed by atoms with Crippen LogP contribution in [0.3, 0.4) is 0 Å². The Balaban J connectivity index is 0.000000251. The maximum atomic E-state index is 16.9. The zero-order chi connectivity index (χ0) is 30.5. The van der Waals surface area contributed by atoms with Crippen molar-refractivity contribution < 1.29 is 44.6 Å². The molecule has 0 saturated heterocycles. The number of aromatic hydroxyl groups is 2. The van der Waals surface area contributed by atoms with Crippen molar-refractivity contribution in [2.45, 2.75) is 69.9 Å². The average Bonchev–Trinajstić information content (AvgIpc) is 3.13. The number of rotatable bonds is 5. The Bertz CT molecular complexity index is 1270. The number of carbonyl (C=O) groups excluding carboxylic acids is 2. The maximum Gasteiger partial charge on any atom is 0.190 e. The molecule has 3 saturated carbocycles. The molecule has 1 aromatic rings. The van der Waals surface area contributed by atoms with E-state index in [0.717, 1.165) is 0 Å². The number of phenols is 2. The molecule has 41 heavy (non-hydrogen) atoms. The first-order chi connectivity index (χ1) is 19.1. The first kappa shape index (κ1) is 31.3. The molecule has 0 bridgehead atoms. The first-order valence-corrected chi connectivity index (χ1v) is 14.1. The summed E-state index contributed by atoms with van der Waals surface area (Å²) in [5.41, 5.74) is -4.60. The lowest BCUT2D eigenvalue weighted by Gasteiger charge is -2.62. The van der Waals surface area contributed by atoms with Crippen LogP contribution in [0.5, 0.6) is 11.5 Å². The van der Waals surface area contributed by atoms with E-state index < -0.39 is 58.5 Å². The van der Waals surface area contributed by atoms with E-state index in [1.165, 1.54) is 24.3 Å². The van der Waals surface area contributed by atoms with E-state index in [2.05, 4.69) is 5.32 Å². The van der Waals surface area contributed by atoms with E-state index >= 15 is 4.39 Å². The number of nitrogens with one attached hydrogen (secondary N) is 1. The number of allylic oxidation sites excluding steroid dienone is 4. The molecule has 0 aromatic heterocycles. The molecule has 0 heterocycles.